The Bertz CT molecular complexity index is 882. The van der Waals surface area contributed by atoms with Crippen LogP contribution in [0.5, 0.6) is 5.75 Å². The minimum atomic E-state index is -0.167. The average Bonchev–Trinajstić information content (AvgIpc) is 3.01. The molecule has 1 aliphatic heterocycles. The second-order valence-electron chi connectivity index (χ2n) is 5.89. The largest absolute Gasteiger partial charge is 0.495 e. The van der Waals surface area contributed by atoms with Gasteiger partial charge in [0.2, 0.25) is 5.91 Å². The SMILES string of the molecule is CCn1c(SCC(=O)Nc2ccccc2OC)nc2c(c1=O)S[C@H](C)C2. The van der Waals surface area contributed by atoms with E-state index in [1.165, 1.54) is 11.8 Å². The van der Waals surface area contributed by atoms with Crippen LogP contribution in [-0.4, -0.2) is 33.6 Å². The number of nitrogens with zero attached hydrogens (tertiary/aromatic N) is 2. The van der Waals surface area contributed by atoms with Crippen LogP contribution in [0.3, 0.4) is 0 Å². The zero-order chi connectivity index (χ0) is 18.7. The van der Waals surface area contributed by atoms with Gasteiger partial charge in [-0.1, -0.05) is 30.8 Å². The van der Waals surface area contributed by atoms with Crippen molar-refractivity contribution in [3.63, 3.8) is 0 Å². The Morgan fingerprint density at radius 2 is 2.23 bits per heavy atom. The highest BCUT2D eigenvalue weighted by Gasteiger charge is 2.26. The number of rotatable bonds is 6. The number of para-hydroxylation sites is 2. The third-order valence-corrected chi connectivity index (χ3v) is 6.18. The van der Waals surface area contributed by atoms with Gasteiger partial charge in [-0.2, -0.15) is 0 Å². The molecule has 0 saturated carbocycles. The fourth-order valence-corrected chi connectivity index (χ4v) is 4.78. The quantitative estimate of drug-likeness (QED) is 0.603. The lowest BCUT2D eigenvalue weighted by atomic mass is 10.2. The monoisotopic (exact) mass is 391 g/mol. The van der Waals surface area contributed by atoms with Crippen LogP contribution in [0, 0.1) is 0 Å². The van der Waals surface area contributed by atoms with E-state index in [2.05, 4.69) is 17.2 Å². The molecule has 1 aromatic heterocycles. The van der Waals surface area contributed by atoms with Gasteiger partial charge in [-0.15, -0.1) is 11.8 Å². The summed E-state index contributed by atoms with van der Waals surface area (Å²) in [6.45, 7) is 4.54. The van der Waals surface area contributed by atoms with E-state index >= 15 is 0 Å². The summed E-state index contributed by atoms with van der Waals surface area (Å²) in [5.74, 6) is 0.615. The molecule has 2 aromatic rings. The summed E-state index contributed by atoms with van der Waals surface area (Å²) in [7, 11) is 1.56. The van der Waals surface area contributed by atoms with Gasteiger partial charge in [-0.25, -0.2) is 4.98 Å². The van der Waals surface area contributed by atoms with Gasteiger partial charge in [0.25, 0.3) is 5.56 Å². The van der Waals surface area contributed by atoms with Crippen molar-refractivity contribution in [1.29, 1.82) is 0 Å². The number of carbonyl (C=O) groups excluding carboxylic acids is 1. The van der Waals surface area contributed by atoms with Crippen molar-refractivity contribution in [2.75, 3.05) is 18.2 Å². The highest BCUT2D eigenvalue weighted by atomic mass is 32.2. The summed E-state index contributed by atoms with van der Waals surface area (Å²) in [6.07, 6.45) is 0.792. The van der Waals surface area contributed by atoms with Gasteiger partial charge in [0.15, 0.2) is 5.16 Å². The van der Waals surface area contributed by atoms with Gasteiger partial charge in [0.05, 0.1) is 29.1 Å². The molecule has 8 heteroatoms. The number of ether oxygens (including phenoxy) is 1. The van der Waals surface area contributed by atoms with Crippen LogP contribution in [0.15, 0.2) is 39.1 Å². The molecule has 0 radical (unpaired) electrons. The predicted octanol–water partition coefficient (Wildman–Crippen LogP) is 3.04. The molecule has 1 atom stereocenters. The predicted molar refractivity (Wildman–Crippen MR) is 106 cm³/mol. The Labute approximate surface area is 160 Å². The first-order valence-corrected chi connectivity index (χ1v) is 10.3. The van der Waals surface area contributed by atoms with Crippen LogP contribution >= 0.6 is 23.5 Å². The number of carbonyl (C=O) groups is 1. The van der Waals surface area contributed by atoms with Crippen LogP contribution < -0.4 is 15.6 Å². The normalized spacial score (nSPS) is 15.6. The van der Waals surface area contributed by atoms with E-state index in [0.29, 0.717) is 28.4 Å². The number of hydrogen-bond donors (Lipinski definition) is 1. The number of nitrogens with one attached hydrogen (secondary N) is 1. The number of anilines is 1. The van der Waals surface area contributed by atoms with Crippen LogP contribution in [-0.2, 0) is 17.8 Å². The molecule has 1 aromatic carbocycles. The lowest BCUT2D eigenvalue weighted by Gasteiger charge is -2.12. The fraction of sp³-hybridized carbons (Fsp3) is 0.389. The Morgan fingerprint density at radius 1 is 1.46 bits per heavy atom. The van der Waals surface area contributed by atoms with Crippen molar-refractivity contribution in [2.45, 2.75) is 42.1 Å². The topological polar surface area (TPSA) is 73.2 Å². The molecule has 26 heavy (non-hydrogen) atoms. The molecule has 3 rings (SSSR count). The zero-order valence-electron chi connectivity index (χ0n) is 14.9. The van der Waals surface area contributed by atoms with E-state index in [4.69, 9.17) is 4.74 Å². The molecule has 0 spiro atoms. The maximum atomic E-state index is 12.6. The molecular formula is C18H21N3O3S2. The number of methoxy groups -OCH3 is 1. The fourth-order valence-electron chi connectivity index (χ4n) is 2.78. The smallest absolute Gasteiger partial charge is 0.268 e. The van der Waals surface area contributed by atoms with Crippen molar-refractivity contribution in [1.82, 2.24) is 9.55 Å². The van der Waals surface area contributed by atoms with Crippen LogP contribution in [0.2, 0.25) is 0 Å². The summed E-state index contributed by atoms with van der Waals surface area (Å²) in [5.41, 5.74) is 1.48. The van der Waals surface area contributed by atoms with E-state index in [1.807, 2.05) is 19.1 Å². The van der Waals surface area contributed by atoms with E-state index in [1.54, 1.807) is 35.6 Å². The van der Waals surface area contributed by atoms with Gasteiger partial charge in [0, 0.05) is 18.2 Å². The Hall–Kier alpha value is -1.93. The van der Waals surface area contributed by atoms with Crippen LogP contribution in [0.1, 0.15) is 19.5 Å². The lowest BCUT2D eigenvalue weighted by Crippen LogP contribution is -2.25. The number of aromatic nitrogens is 2. The Balaban J connectivity index is 1.74. The van der Waals surface area contributed by atoms with Crippen molar-refractivity contribution in [3.05, 3.63) is 40.3 Å². The highest BCUT2D eigenvalue weighted by molar-refractivity contribution is 8.00. The Morgan fingerprint density at radius 3 is 2.96 bits per heavy atom. The number of thioether (sulfide) groups is 2. The maximum absolute atomic E-state index is 12.6. The second kappa shape index (κ2) is 8.18. The summed E-state index contributed by atoms with van der Waals surface area (Å²) in [4.78, 5) is 30.4. The molecule has 0 fully saturated rings. The molecule has 0 bridgehead atoms. The second-order valence-corrected chi connectivity index (χ2v) is 8.28. The molecule has 138 valence electrons. The van der Waals surface area contributed by atoms with Gasteiger partial charge < -0.3 is 10.1 Å². The highest BCUT2D eigenvalue weighted by Crippen LogP contribution is 2.34. The van der Waals surface area contributed by atoms with Gasteiger partial charge in [-0.05, 0) is 19.1 Å². The summed E-state index contributed by atoms with van der Waals surface area (Å²) >= 11 is 2.87. The van der Waals surface area contributed by atoms with Gasteiger partial charge in [0.1, 0.15) is 5.75 Å². The Kier molecular flexibility index (Phi) is 5.93. The van der Waals surface area contributed by atoms with Crippen LogP contribution in [0.4, 0.5) is 5.69 Å². The van der Waals surface area contributed by atoms with Gasteiger partial charge >= 0.3 is 0 Å². The van der Waals surface area contributed by atoms with E-state index in [-0.39, 0.29) is 17.2 Å². The molecule has 2 heterocycles. The van der Waals surface area contributed by atoms with Crippen LogP contribution in [0.25, 0.3) is 0 Å². The van der Waals surface area contributed by atoms with E-state index in [9.17, 15) is 9.59 Å². The van der Waals surface area contributed by atoms with E-state index < -0.39 is 0 Å². The first-order valence-electron chi connectivity index (χ1n) is 8.39. The molecule has 0 saturated heterocycles. The standard InChI is InChI=1S/C18H21N3O3S2/c1-4-21-17(23)16-13(9-11(2)26-16)20-18(21)25-10-15(22)19-12-7-5-6-8-14(12)24-3/h5-8,11H,4,9-10H2,1-3H3,(H,19,22)/t11-/m1/s1. The van der Waals surface area contributed by atoms with Crippen molar-refractivity contribution in [3.8, 4) is 5.75 Å². The van der Waals surface area contributed by atoms with Gasteiger partial charge in [-0.3, -0.25) is 14.2 Å². The average molecular weight is 392 g/mol. The maximum Gasteiger partial charge on any atom is 0.268 e. The molecule has 0 aliphatic carbocycles. The number of amides is 1. The summed E-state index contributed by atoms with van der Waals surface area (Å²) in [5, 5.41) is 3.80. The first kappa shape index (κ1) is 18.8. The minimum absolute atomic E-state index is 0.000475. The number of fused-ring (bicyclic) bond motifs is 1. The zero-order valence-corrected chi connectivity index (χ0v) is 16.6. The number of hydrogen-bond acceptors (Lipinski definition) is 6. The molecule has 0 unspecified atom stereocenters. The molecule has 1 aliphatic rings. The summed E-state index contributed by atoms with van der Waals surface area (Å²) < 4.78 is 6.88. The molecule has 1 amide bonds. The van der Waals surface area contributed by atoms with Crippen molar-refractivity contribution < 1.29 is 9.53 Å². The summed E-state index contributed by atoms with van der Waals surface area (Å²) in [6, 6.07) is 7.26. The third-order valence-electron chi connectivity index (χ3n) is 3.99. The number of benzene rings is 1. The third kappa shape index (κ3) is 3.91. The minimum Gasteiger partial charge on any atom is -0.495 e. The van der Waals surface area contributed by atoms with Crippen molar-refractivity contribution in [2.24, 2.45) is 0 Å². The first-order chi connectivity index (χ1) is 12.5. The molecular weight excluding hydrogens is 370 g/mol. The molecule has 6 nitrogen and oxygen atoms in total. The van der Waals surface area contributed by atoms with Crippen molar-refractivity contribution >= 4 is 35.1 Å². The lowest BCUT2D eigenvalue weighted by molar-refractivity contribution is -0.113. The molecule has 1 N–H and O–H groups in total. The van der Waals surface area contributed by atoms with E-state index in [0.717, 1.165) is 17.0 Å².